The number of rotatable bonds is 3. The van der Waals surface area contributed by atoms with Crippen molar-refractivity contribution in [2.45, 2.75) is 6.54 Å². The number of imidazole rings is 1. The Labute approximate surface area is 126 Å². The number of nitrogens with zero attached hydrogens (tertiary/aromatic N) is 3. The second-order valence-electron chi connectivity index (χ2n) is 4.53. The molecule has 0 saturated carbocycles. The van der Waals surface area contributed by atoms with Crippen LogP contribution in [0.5, 0.6) is 0 Å². The molecule has 0 unspecified atom stereocenters. The van der Waals surface area contributed by atoms with Crippen LogP contribution in [0.4, 0.5) is 5.69 Å². The highest BCUT2D eigenvalue weighted by atomic mass is 127. The van der Waals surface area contributed by atoms with Gasteiger partial charge in [-0.1, -0.05) is 6.07 Å². The quantitative estimate of drug-likeness (QED) is 0.664. The van der Waals surface area contributed by atoms with Crippen molar-refractivity contribution in [2.75, 3.05) is 11.9 Å². The number of anilines is 1. The molecule has 0 radical (unpaired) electrons. The Morgan fingerprint density at radius 2 is 1.95 bits per heavy atom. The van der Waals surface area contributed by atoms with Crippen molar-refractivity contribution < 1.29 is 0 Å². The number of benzene rings is 1. The normalized spacial score (nSPS) is 10.8. The van der Waals surface area contributed by atoms with Crippen LogP contribution in [0.2, 0.25) is 0 Å². The van der Waals surface area contributed by atoms with Crippen LogP contribution < -0.4 is 4.90 Å². The first kappa shape index (κ1) is 12.5. The molecule has 0 aliphatic heterocycles. The highest BCUT2D eigenvalue weighted by molar-refractivity contribution is 14.1. The van der Waals surface area contributed by atoms with E-state index in [2.05, 4.69) is 74.4 Å². The molecule has 0 spiro atoms. The largest absolute Gasteiger partial charge is 0.369 e. The first-order chi connectivity index (χ1) is 9.22. The second kappa shape index (κ2) is 5.21. The van der Waals surface area contributed by atoms with Crippen molar-refractivity contribution in [1.29, 1.82) is 0 Å². The molecule has 0 aliphatic rings. The van der Waals surface area contributed by atoms with E-state index in [1.807, 2.05) is 24.4 Å². The number of halogens is 1. The van der Waals surface area contributed by atoms with Gasteiger partial charge in [0.1, 0.15) is 5.65 Å². The fourth-order valence-electron chi connectivity index (χ4n) is 2.09. The van der Waals surface area contributed by atoms with E-state index in [1.165, 1.54) is 9.26 Å². The van der Waals surface area contributed by atoms with Gasteiger partial charge in [-0.3, -0.25) is 0 Å². The summed E-state index contributed by atoms with van der Waals surface area (Å²) in [5.74, 6) is 0. The standard InChI is InChI=1S/C15H14IN3/c1-18(14-7-5-12(16)6-8-14)10-13-11-19-9-3-2-4-15(19)17-13/h2-9,11H,10H2,1H3. The lowest BCUT2D eigenvalue weighted by Gasteiger charge is -2.17. The Kier molecular flexibility index (Phi) is 3.42. The maximum absolute atomic E-state index is 4.62. The summed E-state index contributed by atoms with van der Waals surface area (Å²) in [7, 11) is 2.09. The molecule has 0 amide bonds. The minimum absolute atomic E-state index is 0.808. The van der Waals surface area contributed by atoms with E-state index < -0.39 is 0 Å². The first-order valence-electron chi connectivity index (χ1n) is 6.12. The average molecular weight is 363 g/mol. The van der Waals surface area contributed by atoms with E-state index in [9.17, 15) is 0 Å². The molecule has 0 N–H and O–H groups in total. The van der Waals surface area contributed by atoms with Crippen molar-refractivity contribution in [2.24, 2.45) is 0 Å². The molecule has 3 aromatic rings. The number of fused-ring (bicyclic) bond motifs is 1. The molecular weight excluding hydrogens is 349 g/mol. The van der Waals surface area contributed by atoms with E-state index >= 15 is 0 Å². The molecule has 1 aromatic carbocycles. The number of hydrogen-bond donors (Lipinski definition) is 0. The molecule has 2 aromatic heterocycles. The summed E-state index contributed by atoms with van der Waals surface area (Å²) >= 11 is 2.32. The van der Waals surface area contributed by atoms with Crippen molar-refractivity contribution in [3.63, 3.8) is 0 Å². The molecule has 96 valence electrons. The maximum Gasteiger partial charge on any atom is 0.137 e. The van der Waals surface area contributed by atoms with Crippen LogP contribution in [-0.2, 0) is 6.54 Å². The minimum atomic E-state index is 0.808. The van der Waals surface area contributed by atoms with E-state index in [1.54, 1.807) is 0 Å². The summed E-state index contributed by atoms with van der Waals surface area (Å²) in [6, 6.07) is 14.6. The molecule has 0 aliphatic carbocycles. The maximum atomic E-state index is 4.62. The Balaban J connectivity index is 1.82. The third-order valence-corrected chi connectivity index (χ3v) is 3.80. The van der Waals surface area contributed by atoms with E-state index in [0.717, 1.165) is 17.9 Å². The smallest absolute Gasteiger partial charge is 0.137 e. The van der Waals surface area contributed by atoms with Crippen molar-refractivity contribution >= 4 is 33.9 Å². The summed E-state index contributed by atoms with van der Waals surface area (Å²) < 4.78 is 3.30. The highest BCUT2D eigenvalue weighted by Gasteiger charge is 2.05. The third-order valence-electron chi connectivity index (χ3n) is 3.08. The zero-order valence-electron chi connectivity index (χ0n) is 10.6. The fourth-order valence-corrected chi connectivity index (χ4v) is 2.45. The topological polar surface area (TPSA) is 20.5 Å². The van der Waals surface area contributed by atoms with Crippen molar-refractivity contribution in [1.82, 2.24) is 9.38 Å². The van der Waals surface area contributed by atoms with Gasteiger partial charge in [0.05, 0.1) is 12.2 Å². The Hall–Kier alpha value is -1.56. The summed E-state index contributed by atoms with van der Waals surface area (Å²) in [6.45, 7) is 0.808. The summed E-state index contributed by atoms with van der Waals surface area (Å²) in [5, 5.41) is 0. The van der Waals surface area contributed by atoms with Gasteiger partial charge in [-0.05, 0) is 59.0 Å². The summed E-state index contributed by atoms with van der Waals surface area (Å²) in [5.41, 5.74) is 3.28. The van der Waals surface area contributed by atoms with Gasteiger partial charge < -0.3 is 9.30 Å². The SMILES string of the molecule is CN(Cc1cn2ccccc2n1)c1ccc(I)cc1. The van der Waals surface area contributed by atoms with Crippen LogP contribution in [0.15, 0.2) is 54.9 Å². The van der Waals surface area contributed by atoms with Crippen LogP contribution in [0.3, 0.4) is 0 Å². The van der Waals surface area contributed by atoms with E-state index in [0.29, 0.717) is 0 Å². The Bertz CT molecular complexity index is 655. The third kappa shape index (κ3) is 2.73. The first-order valence-corrected chi connectivity index (χ1v) is 7.19. The molecule has 0 fully saturated rings. The van der Waals surface area contributed by atoms with Crippen LogP contribution in [0.25, 0.3) is 5.65 Å². The predicted molar refractivity (Wildman–Crippen MR) is 86.5 cm³/mol. The van der Waals surface area contributed by atoms with Gasteiger partial charge in [0, 0.05) is 28.7 Å². The molecule has 3 nitrogen and oxygen atoms in total. The van der Waals surface area contributed by atoms with E-state index in [-0.39, 0.29) is 0 Å². The monoisotopic (exact) mass is 363 g/mol. The van der Waals surface area contributed by atoms with Gasteiger partial charge >= 0.3 is 0 Å². The van der Waals surface area contributed by atoms with Gasteiger partial charge in [0.25, 0.3) is 0 Å². The second-order valence-corrected chi connectivity index (χ2v) is 5.78. The molecule has 3 rings (SSSR count). The molecule has 0 saturated heterocycles. The Morgan fingerprint density at radius 1 is 1.16 bits per heavy atom. The average Bonchev–Trinajstić information content (AvgIpc) is 2.81. The zero-order chi connectivity index (χ0) is 13.2. The predicted octanol–water partition coefficient (Wildman–Crippen LogP) is 3.58. The van der Waals surface area contributed by atoms with Crippen LogP contribution in [0.1, 0.15) is 5.69 Å². The number of pyridine rings is 1. The minimum Gasteiger partial charge on any atom is -0.369 e. The fraction of sp³-hybridized carbons (Fsp3) is 0.133. The van der Waals surface area contributed by atoms with Crippen LogP contribution in [0, 0.1) is 3.57 Å². The lowest BCUT2D eigenvalue weighted by atomic mass is 10.3. The molecule has 4 heteroatoms. The summed E-state index contributed by atoms with van der Waals surface area (Å²) in [4.78, 5) is 6.82. The van der Waals surface area contributed by atoms with Crippen molar-refractivity contribution in [3.05, 3.63) is 64.1 Å². The molecule has 0 bridgehead atoms. The van der Waals surface area contributed by atoms with Gasteiger partial charge in [0.15, 0.2) is 0 Å². The van der Waals surface area contributed by atoms with Gasteiger partial charge in [-0.2, -0.15) is 0 Å². The van der Waals surface area contributed by atoms with E-state index in [4.69, 9.17) is 0 Å². The lowest BCUT2D eigenvalue weighted by molar-refractivity contribution is 0.896. The zero-order valence-corrected chi connectivity index (χ0v) is 12.8. The van der Waals surface area contributed by atoms with Crippen molar-refractivity contribution in [3.8, 4) is 0 Å². The highest BCUT2D eigenvalue weighted by Crippen LogP contribution is 2.17. The van der Waals surface area contributed by atoms with Gasteiger partial charge in [-0.15, -0.1) is 0 Å². The van der Waals surface area contributed by atoms with Crippen LogP contribution >= 0.6 is 22.6 Å². The molecular formula is C15H14IN3. The molecule has 0 atom stereocenters. The lowest BCUT2D eigenvalue weighted by Crippen LogP contribution is -2.16. The summed E-state index contributed by atoms with van der Waals surface area (Å²) in [6.07, 6.45) is 4.11. The molecule has 2 heterocycles. The number of aromatic nitrogens is 2. The van der Waals surface area contributed by atoms with Gasteiger partial charge in [-0.25, -0.2) is 4.98 Å². The van der Waals surface area contributed by atoms with Crippen LogP contribution in [-0.4, -0.2) is 16.4 Å². The van der Waals surface area contributed by atoms with Gasteiger partial charge in [0.2, 0.25) is 0 Å². The molecule has 19 heavy (non-hydrogen) atoms. The number of hydrogen-bond acceptors (Lipinski definition) is 2. The Morgan fingerprint density at radius 3 is 2.68 bits per heavy atom.